The molecule has 0 aliphatic carbocycles. The maximum atomic E-state index is 12.0. The number of anilines is 1. The topological polar surface area (TPSA) is 55.6 Å². The molecule has 0 unspecified atom stereocenters. The van der Waals surface area contributed by atoms with Crippen molar-refractivity contribution in [2.75, 3.05) is 18.5 Å². The molecule has 2 aromatic rings. The van der Waals surface area contributed by atoms with Crippen molar-refractivity contribution in [3.8, 4) is 5.75 Å². The summed E-state index contributed by atoms with van der Waals surface area (Å²) >= 11 is 0. The third kappa shape index (κ3) is 3.59. The summed E-state index contributed by atoms with van der Waals surface area (Å²) in [6.07, 6.45) is 0.418. The van der Waals surface area contributed by atoms with Crippen LogP contribution in [0.25, 0.3) is 0 Å². The van der Waals surface area contributed by atoms with Gasteiger partial charge in [-0.3, -0.25) is 4.90 Å². The molecule has 4 heteroatoms. The van der Waals surface area contributed by atoms with Gasteiger partial charge >= 0.3 is 6.09 Å². The van der Waals surface area contributed by atoms with Crippen LogP contribution in [-0.2, 0) is 6.42 Å². The molecule has 2 aromatic carbocycles. The highest BCUT2D eigenvalue weighted by molar-refractivity contribution is 5.88. The lowest BCUT2D eigenvalue weighted by molar-refractivity contribution is 0.209. The highest BCUT2D eigenvalue weighted by Gasteiger charge is 2.12. The van der Waals surface area contributed by atoms with E-state index >= 15 is 0 Å². The second-order valence-corrected chi connectivity index (χ2v) is 4.45. The molecule has 4 nitrogen and oxygen atoms in total. The molecule has 20 heavy (non-hydrogen) atoms. The maximum Gasteiger partial charge on any atom is 0.419 e. The predicted molar refractivity (Wildman–Crippen MR) is 80.1 cm³/mol. The van der Waals surface area contributed by atoms with Crippen LogP contribution in [0.5, 0.6) is 5.75 Å². The van der Waals surface area contributed by atoms with Crippen molar-refractivity contribution >= 4 is 11.8 Å². The summed E-state index contributed by atoms with van der Waals surface area (Å²) in [6, 6.07) is 16.7. The Labute approximate surface area is 118 Å². The van der Waals surface area contributed by atoms with Crippen molar-refractivity contribution in [3.05, 3.63) is 60.2 Å². The minimum Gasteiger partial charge on any atom is -0.410 e. The zero-order chi connectivity index (χ0) is 14.4. The number of benzene rings is 2. The Morgan fingerprint density at radius 1 is 1.10 bits per heavy atom. The molecule has 0 bridgehead atoms. The Hall–Kier alpha value is -2.33. The van der Waals surface area contributed by atoms with Gasteiger partial charge in [0.25, 0.3) is 0 Å². The Balaban J connectivity index is 2.02. The van der Waals surface area contributed by atoms with Crippen LogP contribution in [0.4, 0.5) is 10.5 Å². The molecule has 2 rings (SSSR count). The zero-order valence-corrected chi connectivity index (χ0v) is 11.5. The van der Waals surface area contributed by atoms with E-state index in [0.717, 1.165) is 17.7 Å². The van der Waals surface area contributed by atoms with Gasteiger partial charge in [-0.05, 0) is 42.8 Å². The van der Waals surface area contributed by atoms with Crippen molar-refractivity contribution in [2.45, 2.75) is 6.42 Å². The highest BCUT2D eigenvalue weighted by Crippen LogP contribution is 2.17. The standard InChI is InChI=1S/C16H18N2O2/c1-18(14-9-7-13(8-10-14)11-12-17)16(19)20-15-5-3-2-4-6-15/h2-10H,11-12,17H2,1H3. The summed E-state index contributed by atoms with van der Waals surface area (Å²) < 4.78 is 5.28. The molecule has 0 fully saturated rings. The zero-order valence-electron chi connectivity index (χ0n) is 11.5. The quantitative estimate of drug-likeness (QED) is 0.929. The summed E-state index contributed by atoms with van der Waals surface area (Å²) in [4.78, 5) is 13.5. The number of hydrogen-bond donors (Lipinski definition) is 1. The van der Waals surface area contributed by atoms with Gasteiger partial charge in [-0.1, -0.05) is 30.3 Å². The monoisotopic (exact) mass is 270 g/mol. The van der Waals surface area contributed by atoms with Crippen LogP contribution in [0.2, 0.25) is 0 Å². The summed E-state index contributed by atoms with van der Waals surface area (Å²) in [6.45, 7) is 0.616. The fraction of sp³-hybridized carbons (Fsp3) is 0.188. The van der Waals surface area contributed by atoms with Crippen molar-refractivity contribution in [3.63, 3.8) is 0 Å². The van der Waals surface area contributed by atoms with Crippen molar-refractivity contribution in [2.24, 2.45) is 5.73 Å². The molecule has 104 valence electrons. The second kappa shape index (κ2) is 6.73. The van der Waals surface area contributed by atoms with Gasteiger partial charge in [0.15, 0.2) is 0 Å². The third-order valence-electron chi connectivity index (χ3n) is 2.98. The van der Waals surface area contributed by atoms with Gasteiger partial charge in [-0.2, -0.15) is 0 Å². The molecule has 0 atom stereocenters. The lowest BCUT2D eigenvalue weighted by atomic mass is 10.1. The van der Waals surface area contributed by atoms with E-state index in [-0.39, 0.29) is 0 Å². The van der Waals surface area contributed by atoms with Gasteiger partial charge in [-0.15, -0.1) is 0 Å². The lowest BCUT2D eigenvalue weighted by Gasteiger charge is -2.17. The number of amides is 1. The van der Waals surface area contributed by atoms with Crippen LogP contribution in [0.15, 0.2) is 54.6 Å². The largest absolute Gasteiger partial charge is 0.419 e. The van der Waals surface area contributed by atoms with E-state index in [1.54, 1.807) is 19.2 Å². The van der Waals surface area contributed by atoms with E-state index in [0.29, 0.717) is 12.3 Å². The van der Waals surface area contributed by atoms with Gasteiger partial charge in [-0.25, -0.2) is 4.79 Å². The molecule has 1 amide bonds. The first-order valence-corrected chi connectivity index (χ1v) is 6.50. The predicted octanol–water partition coefficient (Wildman–Crippen LogP) is 2.82. The minimum absolute atomic E-state index is 0.414. The van der Waals surface area contributed by atoms with E-state index in [2.05, 4.69) is 0 Å². The van der Waals surface area contributed by atoms with Crippen LogP contribution in [0, 0.1) is 0 Å². The molecule has 0 saturated heterocycles. The number of carbonyl (C=O) groups is 1. The Kier molecular flexibility index (Phi) is 4.74. The summed E-state index contributed by atoms with van der Waals surface area (Å²) in [7, 11) is 1.68. The fourth-order valence-electron chi connectivity index (χ4n) is 1.82. The van der Waals surface area contributed by atoms with Crippen LogP contribution in [0.3, 0.4) is 0 Å². The molecule has 0 heterocycles. The van der Waals surface area contributed by atoms with Crippen LogP contribution < -0.4 is 15.4 Å². The van der Waals surface area contributed by atoms with Gasteiger partial charge in [0, 0.05) is 12.7 Å². The Bertz CT molecular complexity index is 552. The van der Waals surface area contributed by atoms with Gasteiger partial charge < -0.3 is 10.5 Å². The maximum absolute atomic E-state index is 12.0. The Morgan fingerprint density at radius 3 is 2.35 bits per heavy atom. The third-order valence-corrected chi connectivity index (χ3v) is 2.98. The van der Waals surface area contributed by atoms with E-state index in [1.807, 2.05) is 42.5 Å². The molecule has 0 saturated carbocycles. The number of hydrogen-bond acceptors (Lipinski definition) is 3. The molecule has 0 aliphatic heterocycles. The number of para-hydroxylation sites is 1. The van der Waals surface area contributed by atoms with E-state index in [9.17, 15) is 4.79 Å². The fourth-order valence-corrected chi connectivity index (χ4v) is 1.82. The molecule has 0 aromatic heterocycles. The lowest BCUT2D eigenvalue weighted by Crippen LogP contribution is -2.29. The SMILES string of the molecule is CN(C(=O)Oc1ccccc1)c1ccc(CCN)cc1. The Morgan fingerprint density at radius 2 is 1.75 bits per heavy atom. The van der Waals surface area contributed by atoms with Crippen molar-refractivity contribution in [1.82, 2.24) is 0 Å². The molecule has 2 N–H and O–H groups in total. The first kappa shape index (κ1) is 14.1. The first-order chi connectivity index (χ1) is 9.70. The van der Waals surface area contributed by atoms with E-state index in [1.165, 1.54) is 4.90 Å². The van der Waals surface area contributed by atoms with Crippen molar-refractivity contribution in [1.29, 1.82) is 0 Å². The number of nitrogens with two attached hydrogens (primary N) is 1. The van der Waals surface area contributed by atoms with Crippen LogP contribution >= 0.6 is 0 Å². The second-order valence-electron chi connectivity index (χ2n) is 4.45. The summed E-state index contributed by atoms with van der Waals surface area (Å²) in [5.74, 6) is 0.532. The van der Waals surface area contributed by atoms with Gasteiger partial charge in [0.1, 0.15) is 5.75 Å². The highest BCUT2D eigenvalue weighted by atomic mass is 16.6. The van der Waals surface area contributed by atoms with Crippen molar-refractivity contribution < 1.29 is 9.53 Å². The molecular weight excluding hydrogens is 252 g/mol. The number of nitrogens with zero attached hydrogens (tertiary/aromatic N) is 1. The summed E-state index contributed by atoms with van der Waals surface area (Å²) in [5, 5.41) is 0. The van der Waals surface area contributed by atoms with Gasteiger partial charge in [0.2, 0.25) is 0 Å². The minimum atomic E-state index is -0.414. The van der Waals surface area contributed by atoms with Gasteiger partial charge in [0.05, 0.1) is 0 Å². The molecule has 0 radical (unpaired) electrons. The number of carbonyl (C=O) groups excluding carboxylic acids is 1. The average molecular weight is 270 g/mol. The van der Waals surface area contributed by atoms with Crippen LogP contribution in [-0.4, -0.2) is 19.7 Å². The van der Waals surface area contributed by atoms with E-state index in [4.69, 9.17) is 10.5 Å². The number of ether oxygens (including phenoxy) is 1. The van der Waals surface area contributed by atoms with Crippen LogP contribution in [0.1, 0.15) is 5.56 Å². The average Bonchev–Trinajstić information content (AvgIpc) is 2.48. The molecular formula is C16H18N2O2. The summed E-state index contributed by atoms with van der Waals surface area (Å²) in [5.41, 5.74) is 7.45. The number of rotatable bonds is 4. The molecule has 0 spiro atoms. The van der Waals surface area contributed by atoms with E-state index < -0.39 is 6.09 Å². The normalized spacial score (nSPS) is 10.1. The smallest absolute Gasteiger partial charge is 0.410 e. The molecule has 0 aliphatic rings. The first-order valence-electron chi connectivity index (χ1n) is 6.50.